The fraction of sp³-hybridized carbons (Fsp3) is 0.500. The fourth-order valence-corrected chi connectivity index (χ4v) is 9.14. The molecule has 0 aromatic heterocycles. The molecule has 0 bridgehead atoms. The summed E-state index contributed by atoms with van der Waals surface area (Å²) in [7, 11) is -5.15. The van der Waals surface area contributed by atoms with Crippen molar-refractivity contribution in [2.45, 2.75) is 33.5 Å². The van der Waals surface area contributed by atoms with Crippen LogP contribution >= 0.6 is 23.5 Å². The quantitative estimate of drug-likeness (QED) is 0.411. The third-order valence-corrected chi connectivity index (χ3v) is 9.91. The van der Waals surface area contributed by atoms with Gasteiger partial charge in [-0.2, -0.15) is 11.6 Å². The smallest absolute Gasteiger partial charge is 0.314 e. The van der Waals surface area contributed by atoms with Gasteiger partial charge in [0.25, 0.3) is 0 Å². The summed E-state index contributed by atoms with van der Waals surface area (Å²) in [5.41, 5.74) is 0.942. The van der Waals surface area contributed by atoms with Crippen LogP contribution in [0, 0.1) is 5.28 Å². The Hall–Kier alpha value is 0.534. The molecule has 0 aliphatic carbocycles. The van der Waals surface area contributed by atoms with Gasteiger partial charge in [-0.15, -0.1) is 28.1 Å². The van der Waals surface area contributed by atoms with Crippen molar-refractivity contribution in [2.75, 3.05) is 13.2 Å². The first kappa shape index (κ1) is 21.5. The molecule has 0 radical (unpaired) electrons. The standard InChI is InChI=1S/C14H23BrO3PSi.Li/c1-6-17-19(16,18-7-2)14(20(3,4)5)12-10-8-9-11-13(12)15;/h8-11H,6-7H2,1-5H3;/q-1;+1. The largest absolute Gasteiger partial charge is 1.00 e. The van der Waals surface area contributed by atoms with Gasteiger partial charge in [0.1, 0.15) is 0 Å². The van der Waals surface area contributed by atoms with Gasteiger partial charge in [0.05, 0.1) is 13.2 Å². The maximum absolute atomic E-state index is 13.2. The van der Waals surface area contributed by atoms with E-state index in [1.807, 2.05) is 38.1 Å². The van der Waals surface area contributed by atoms with Crippen LogP contribution in [0.1, 0.15) is 19.4 Å². The van der Waals surface area contributed by atoms with Crippen LogP contribution in [0.3, 0.4) is 0 Å². The van der Waals surface area contributed by atoms with Gasteiger partial charge in [0, 0.05) is 8.07 Å². The van der Waals surface area contributed by atoms with E-state index in [1.54, 1.807) is 0 Å². The van der Waals surface area contributed by atoms with Crippen molar-refractivity contribution in [1.82, 2.24) is 0 Å². The molecule has 0 N–H and O–H groups in total. The van der Waals surface area contributed by atoms with Crippen LogP contribution in [-0.4, -0.2) is 21.3 Å². The van der Waals surface area contributed by atoms with E-state index in [0.717, 1.165) is 15.3 Å². The van der Waals surface area contributed by atoms with Crippen molar-refractivity contribution in [3.05, 3.63) is 39.6 Å². The number of halogens is 1. The fourth-order valence-electron chi connectivity index (χ4n) is 2.12. The molecule has 0 unspecified atom stereocenters. The number of hydrogen-bond acceptors (Lipinski definition) is 3. The first-order valence-corrected chi connectivity index (χ1v) is 12.6. The van der Waals surface area contributed by atoms with Crippen LogP contribution in [0.15, 0.2) is 28.7 Å². The summed E-state index contributed by atoms with van der Waals surface area (Å²) in [6.07, 6.45) is 0. The third kappa shape index (κ3) is 5.59. The van der Waals surface area contributed by atoms with E-state index in [9.17, 15) is 4.57 Å². The zero-order valence-corrected chi connectivity index (χ0v) is 17.3. The minimum Gasteiger partial charge on any atom is -0.314 e. The number of benzene rings is 1. The molecular weight excluding hydrogens is 362 g/mol. The summed E-state index contributed by atoms with van der Waals surface area (Å²) in [6.45, 7) is 10.9. The Kier molecular flexibility index (Phi) is 9.21. The normalized spacial score (nSPS) is 11.9. The van der Waals surface area contributed by atoms with Crippen molar-refractivity contribution in [3.63, 3.8) is 0 Å². The molecule has 3 nitrogen and oxygen atoms in total. The van der Waals surface area contributed by atoms with Crippen molar-refractivity contribution in [1.29, 1.82) is 0 Å². The summed E-state index contributed by atoms with van der Waals surface area (Å²) in [6, 6.07) is 7.82. The Bertz CT molecular complexity index is 483. The van der Waals surface area contributed by atoms with E-state index in [-0.39, 0.29) is 18.9 Å². The average molecular weight is 385 g/mol. The zero-order valence-electron chi connectivity index (χ0n) is 13.8. The molecule has 0 atom stereocenters. The summed E-state index contributed by atoms with van der Waals surface area (Å²) in [5.74, 6) is 0. The van der Waals surface area contributed by atoms with Gasteiger partial charge < -0.3 is 9.05 Å². The molecule has 114 valence electrons. The van der Waals surface area contributed by atoms with E-state index in [2.05, 4.69) is 35.6 Å². The van der Waals surface area contributed by atoms with Crippen molar-refractivity contribution >= 4 is 31.6 Å². The Labute approximate surface area is 150 Å². The van der Waals surface area contributed by atoms with Gasteiger partial charge in [0.2, 0.25) is 0 Å². The monoisotopic (exact) mass is 384 g/mol. The predicted molar refractivity (Wildman–Crippen MR) is 90.7 cm³/mol. The van der Waals surface area contributed by atoms with Gasteiger partial charge in [-0.3, -0.25) is 4.57 Å². The zero-order chi connectivity index (χ0) is 15.4. The maximum atomic E-state index is 13.2. The van der Waals surface area contributed by atoms with Gasteiger partial charge >= 0.3 is 26.5 Å². The molecule has 1 rings (SSSR count). The van der Waals surface area contributed by atoms with Crippen LogP contribution in [0.25, 0.3) is 0 Å². The Morgan fingerprint density at radius 1 is 1.14 bits per heavy atom. The van der Waals surface area contributed by atoms with Gasteiger partial charge in [-0.05, 0) is 13.8 Å². The van der Waals surface area contributed by atoms with Gasteiger partial charge in [0.15, 0.2) is 0 Å². The molecule has 0 spiro atoms. The number of rotatable bonds is 7. The van der Waals surface area contributed by atoms with Gasteiger partial charge in [-0.25, -0.2) is 0 Å². The Morgan fingerprint density at radius 3 is 2.00 bits per heavy atom. The molecule has 0 heterocycles. The van der Waals surface area contributed by atoms with Crippen molar-refractivity contribution in [3.8, 4) is 0 Å². The average Bonchev–Trinajstić information content (AvgIpc) is 2.30. The molecule has 0 saturated carbocycles. The molecule has 1 aromatic rings. The number of hydrogen-bond donors (Lipinski definition) is 0. The molecule has 1 aromatic carbocycles. The Morgan fingerprint density at radius 2 is 1.62 bits per heavy atom. The summed E-state index contributed by atoms with van der Waals surface area (Å²) < 4.78 is 25.3. The topological polar surface area (TPSA) is 35.5 Å². The van der Waals surface area contributed by atoms with E-state index in [1.165, 1.54) is 0 Å². The molecule has 21 heavy (non-hydrogen) atoms. The van der Waals surface area contributed by atoms with Crippen LogP contribution < -0.4 is 18.9 Å². The minimum absolute atomic E-state index is 0. The second-order valence-corrected chi connectivity index (χ2v) is 13.6. The first-order chi connectivity index (χ1) is 9.26. The van der Waals surface area contributed by atoms with Crippen LogP contribution in [0.2, 0.25) is 19.6 Å². The first-order valence-electron chi connectivity index (χ1n) is 6.78. The molecule has 0 amide bonds. The van der Waals surface area contributed by atoms with E-state index in [4.69, 9.17) is 9.05 Å². The van der Waals surface area contributed by atoms with E-state index < -0.39 is 15.7 Å². The second-order valence-electron chi connectivity index (χ2n) is 5.41. The minimum atomic E-state index is -3.25. The molecule has 0 aliphatic rings. The van der Waals surface area contributed by atoms with Crippen molar-refractivity contribution in [2.24, 2.45) is 0 Å². The van der Waals surface area contributed by atoms with Crippen molar-refractivity contribution < 1.29 is 32.5 Å². The van der Waals surface area contributed by atoms with E-state index >= 15 is 0 Å². The molecule has 0 aliphatic heterocycles. The second kappa shape index (κ2) is 8.98. The van der Waals surface area contributed by atoms with Crippen LogP contribution in [0.4, 0.5) is 0 Å². The maximum Gasteiger partial charge on any atom is 1.00 e. The predicted octanol–water partition coefficient (Wildman–Crippen LogP) is 2.48. The SMILES string of the molecule is CCOP(=O)(OCC)[C-](c1ccccc1Br)[Si](C)(C)C.[Li+]. The molecular formula is C14H23BrLiO3PSi. The summed E-state index contributed by atoms with van der Waals surface area (Å²) >= 11 is 3.55. The third-order valence-electron chi connectivity index (χ3n) is 2.71. The van der Waals surface area contributed by atoms with Crippen LogP contribution in [-0.2, 0) is 13.6 Å². The molecule has 7 heteroatoms. The Balaban J connectivity index is 0.00000400. The van der Waals surface area contributed by atoms with Crippen LogP contribution in [0.5, 0.6) is 0 Å². The summed E-state index contributed by atoms with van der Waals surface area (Å²) in [4.78, 5) is 0. The molecule has 0 fully saturated rings. The van der Waals surface area contributed by atoms with E-state index in [0.29, 0.717) is 13.2 Å². The van der Waals surface area contributed by atoms with Gasteiger partial charge in [-0.1, -0.05) is 35.5 Å². The molecule has 0 saturated heterocycles. The summed E-state index contributed by atoms with van der Waals surface area (Å²) in [5, 5.41) is 0.848.